The molecule has 0 spiro atoms. The number of rotatable bonds is 9. The molecule has 2 amide bonds. The van der Waals surface area contributed by atoms with E-state index in [-0.39, 0.29) is 24.6 Å². The topological polar surface area (TPSA) is 210 Å². The lowest BCUT2D eigenvalue weighted by Gasteiger charge is -2.29. The van der Waals surface area contributed by atoms with E-state index < -0.39 is 41.7 Å². The number of carboxylic acids is 2. The van der Waals surface area contributed by atoms with Crippen LogP contribution in [0.4, 0.5) is 4.79 Å². The Kier molecular flexibility index (Phi) is 7.47. The van der Waals surface area contributed by atoms with Crippen LogP contribution in [0.3, 0.4) is 0 Å². The van der Waals surface area contributed by atoms with Gasteiger partial charge in [-0.3, -0.25) is 4.79 Å². The van der Waals surface area contributed by atoms with Crippen LogP contribution in [0.1, 0.15) is 50.4 Å². The van der Waals surface area contributed by atoms with Crippen molar-refractivity contribution in [3.63, 3.8) is 0 Å². The molecule has 162 valence electrons. The molecule has 3 atom stereocenters. The Morgan fingerprint density at radius 3 is 2.41 bits per heavy atom. The van der Waals surface area contributed by atoms with Crippen molar-refractivity contribution in [1.29, 1.82) is 0 Å². The highest BCUT2D eigenvalue weighted by Crippen LogP contribution is 2.30. The number of carbonyl (C=O) groups excluding carboxylic acids is 1. The normalized spacial score (nSPS) is 19.0. The molecule has 0 aliphatic carbocycles. The molecule has 0 radical (unpaired) electrons. The third kappa shape index (κ3) is 6.10. The highest BCUT2D eigenvalue weighted by molar-refractivity contribution is 5.83. The number of ether oxygens (including phenoxy) is 1. The van der Waals surface area contributed by atoms with Gasteiger partial charge in [-0.1, -0.05) is 0 Å². The van der Waals surface area contributed by atoms with Gasteiger partial charge in [0.25, 0.3) is 0 Å². The number of nitrogens with zero attached hydrogens (tertiary/aromatic N) is 2. The molecule has 0 bridgehead atoms. The summed E-state index contributed by atoms with van der Waals surface area (Å²) in [5.41, 5.74) is 5.40. The first-order chi connectivity index (χ1) is 13.6. The summed E-state index contributed by atoms with van der Waals surface area (Å²) in [6.45, 7) is 2.06. The lowest BCUT2D eigenvalue weighted by Crippen LogP contribution is -2.51. The maximum atomic E-state index is 12.2. The van der Waals surface area contributed by atoms with Gasteiger partial charge in [-0.2, -0.15) is 0 Å². The van der Waals surface area contributed by atoms with Gasteiger partial charge in [0.2, 0.25) is 11.8 Å². The Hall–Kier alpha value is -2.77. The second-order valence-electron chi connectivity index (χ2n) is 6.87. The minimum absolute atomic E-state index is 0.0587. The Balaban J connectivity index is 2.14. The van der Waals surface area contributed by atoms with Crippen molar-refractivity contribution in [2.75, 3.05) is 13.2 Å². The minimum Gasteiger partial charge on any atom is -0.481 e. The van der Waals surface area contributed by atoms with Crippen molar-refractivity contribution < 1.29 is 38.9 Å². The fourth-order valence-corrected chi connectivity index (χ4v) is 2.78. The van der Waals surface area contributed by atoms with Crippen LogP contribution >= 0.6 is 0 Å². The number of amides is 2. The maximum absolute atomic E-state index is 12.2. The number of hydrogen-bond donors (Lipinski definition) is 6. The van der Waals surface area contributed by atoms with Gasteiger partial charge < -0.3 is 40.8 Å². The Bertz CT molecular complexity index is 731. The lowest BCUT2D eigenvalue weighted by atomic mass is 9.91. The molecule has 1 aromatic rings. The molecule has 1 unspecified atom stereocenters. The predicted octanol–water partition coefficient (Wildman–Crippen LogP) is -0.927. The second kappa shape index (κ2) is 9.62. The molecule has 13 heteroatoms. The molecule has 1 aliphatic rings. The lowest BCUT2D eigenvalue weighted by molar-refractivity contribution is -0.141. The summed E-state index contributed by atoms with van der Waals surface area (Å²) < 4.78 is 10.9. The number of aliphatic hydroxyl groups excluding tert-OH is 1. The first-order valence-electron chi connectivity index (χ1n) is 9.02. The zero-order valence-electron chi connectivity index (χ0n) is 15.8. The van der Waals surface area contributed by atoms with E-state index in [1.165, 1.54) is 6.92 Å². The molecule has 0 aromatic carbocycles. The summed E-state index contributed by atoms with van der Waals surface area (Å²) in [7, 11) is 0. The summed E-state index contributed by atoms with van der Waals surface area (Å²) in [6.07, 6.45) is -0.842. The van der Waals surface area contributed by atoms with Crippen molar-refractivity contribution in [2.24, 2.45) is 5.73 Å². The first kappa shape index (κ1) is 22.5. The quantitative estimate of drug-likeness (QED) is 0.290. The average Bonchev–Trinajstić information content (AvgIpc) is 3.14. The number of nitrogens with two attached hydrogens (primary N) is 1. The molecule has 7 N–H and O–H groups in total. The second-order valence-corrected chi connectivity index (χ2v) is 6.87. The summed E-state index contributed by atoms with van der Waals surface area (Å²) in [5, 5.41) is 39.8. The van der Waals surface area contributed by atoms with Crippen LogP contribution in [0.15, 0.2) is 4.42 Å². The third-order valence-electron chi connectivity index (χ3n) is 4.54. The van der Waals surface area contributed by atoms with E-state index in [9.17, 15) is 19.5 Å². The van der Waals surface area contributed by atoms with Crippen LogP contribution in [-0.2, 0) is 19.9 Å². The predicted molar refractivity (Wildman–Crippen MR) is 94.6 cm³/mol. The number of carbonyl (C=O) groups is 3. The van der Waals surface area contributed by atoms with Crippen LogP contribution in [-0.4, -0.2) is 68.8 Å². The van der Waals surface area contributed by atoms with Crippen molar-refractivity contribution in [2.45, 2.75) is 56.3 Å². The molecule has 1 aromatic heterocycles. The van der Waals surface area contributed by atoms with Gasteiger partial charge >= 0.3 is 18.0 Å². The number of aromatic nitrogens is 2. The number of hydrogen-bond acceptors (Lipinski definition) is 9. The minimum atomic E-state index is -1.55. The molecule has 2 heterocycles. The Morgan fingerprint density at radius 2 is 1.86 bits per heavy atom. The van der Waals surface area contributed by atoms with Crippen molar-refractivity contribution >= 4 is 18.0 Å². The average molecular weight is 415 g/mol. The zero-order valence-corrected chi connectivity index (χ0v) is 15.8. The Labute approximate surface area is 165 Å². The van der Waals surface area contributed by atoms with E-state index in [1.54, 1.807) is 0 Å². The van der Waals surface area contributed by atoms with Crippen LogP contribution in [0, 0.1) is 0 Å². The number of carboxylic acid groups (broad SMARTS) is 2. The fourth-order valence-electron chi connectivity index (χ4n) is 2.78. The van der Waals surface area contributed by atoms with Crippen molar-refractivity contribution in [1.82, 2.24) is 20.8 Å². The van der Waals surface area contributed by atoms with E-state index in [0.29, 0.717) is 26.1 Å². The highest BCUT2D eigenvalue weighted by Gasteiger charge is 2.36. The molecule has 1 aliphatic heterocycles. The third-order valence-corrected chi connectivity index (χ3v) is 4.54. The van der Waals surface area contributed by atoms with Gasteiger partial charge in [-0.15, -0.1) is 10.2 Å². The molecule has 29 heavy (non-hydrogen) atoms. The van der Waals surface area contributed by atoms with Crippen LogP contribution in [0.2, 0.25) is 0 Å². The van der Waals surface area contributed by atoms with Crippen molar-refractivity contribution in [3.05, 3.63) is 11.8 Å². The maximum Gasteiger partial charge on any atom is 0.328 e. The van der Waals surface area contributed by atoms with Gasteiger partial charge in [0.1, 0.15) is 6.04 Å². The standard InChI is InChI=1S/C16H25N5O8/c1-8(22)11(13(25)26)19-15(27)18-9(2-3-10(23)24)12-20-21-14(29-12)16(17)4-6-28-7-5-16/h8-9,11,22H,2-7,17H2,1H3,(H,23,24)(H,25,26)(H2,18,19,27)/t8?,9-,11-/m0/s1. The Morgan fingerprint density at radius 1 is 1.21 bits per heavy atom. The molecule has 1 saturated heterocycles. The van der Waals surface area contributed by atoms with Crippen LogP contribution in [0.25, 0.3) is 0 Å². The molecule has 1 fully saturated rings. The number of aliphatic hydroxyl groups is 1. The molecular weight excluding hydrogens is 390 g/mol. The monoisotopic (exact) mass is 415 g/mol. The van der Waals surface area contributed by atoms with Gasteiger partial charge in [-0.05, 0) is 26.2 Å². The summed E-state index contributed by atoms with van der Waals surface area (Å²) >= 11 is 0. The van der Waals surface area contributed by atoms with E-state index in [2.05, 4.69) is 20.8 Å². The van der Waals surface area contributed by atoms with Gasteiger partial charge in [0.05, 0.1) is 11.6 Å². The van der Waals surface area contributed by atoms with Crippen LogP contribution in [0.5, 0.6) is 0 Å². The van der Waals surface area contributed by atoms with Crippen LogP contribution < -0.4 is 16.4 Å². The SMILES string of the molecule is CC(O)[C@H](NC(=O)N[C@@H](CCC(=O)O)c1nnc(C2(N)CCOCC2)o1)C(=O)O. The fraction of sp³-hybridized carbons (Fsp3) is 0.688. The van der Waals surface area contributed by atoms with E-state index in [1.807, 2.05) is 0 Å². The molecular formula is C16H25N5O8. The summed E-state index contributed by atoms with van der Waals surface area (Å²) in [5.74, 6) is -2.45. The van der Waals surface area contributed by atoms with E-state index in [0.717, 1.165) is 0 Å². The van der Waals surface area contributed by atoms with E-state index in [4.69, 9.17) is 25.1 Å². The zero-order chi connectivity index (χ0) is 21.6. The number of nitrogens with one attached hydrogen (secondary N) is 2. The summed E-state index contributed by atoms with van der Waals surface area (Å²) in [6, 6.07) is -3.50. The number of aliphatic carboxylic acids is 2. The summed E-state index contributed by atoms with van der Waals surface area (Å²) in [4.78, 5) is 34.2. The molecule has 13 nitrogen and oxygen atoms in total. The highest BCUT2D eigenvalue weighted by atomic mass is 16.5. The van der Waals surface area contributed by atoms with Gasteiger partial charge in [-0.25, -0.2) is 9.59 Å². The van der Waals surface area contributed by atoms with Gasteiger partial charge in [0.15, 0.2) is 6.04 Å². The number of urea groups is 1. The van der Waals surface area contributed by atoms with Gasteiger partial charge in [0, 0.05) is 19.6 Å². The molecule has 0 saturated carbocycles. The first-order valence-corrected chi connectivity index (χ1v) is 9.02. The molecule has 2 rings (SSSR count). The van der Waals surface area contributed by atoms with E-state index >= 15 is 0 Å². The largest absolute Gasteiger partial charge is 0.481 e. The van der Waals surface area contributed by atoms with Crippen molar-refractivity contribution in [3.8, 4) is 0 Å². The smallest absolute Gasteiger partial charge is 0.328 e.